The first-order chi connectivity index (χ1) is 13.0. The Bertz CT molecular complexity index is 1170. The summed E-state index contributed by atoms with van der Waals surface area (Å²) in [6, 6.07) is 14.4. The van der Waals surface area contributed by atoms with Gasteiger partial charge in [-0.05, 0) is 23.8 Å². The van der Waals surface area contributed by atoms with Gasteiger partial charge in [0.25, 0.3) is 0 Å². The van der Waals surface area contributed by atoms with Gasteiger partial charge in [-0.1, -0.05) is 53.3 Å². The molecule has 0 spiro atoms. The van der Waals surface area contributed by atoms with Crippen molar-refractivity contribution < 1.29 is 14.3 Å². The van der Waals surface area contributed by atoms with Crippen molar-refractivity contribution in [1.29, 1.82) is 0 Å². The van der Waals surface area contributed by atoms with Crippen molar-refractivity contribution in [1.82, 2.24) is 0 Å². The molecule has 1 aliphatic rings. The highest BCUT2D eigenvalue weighted by Crippen LogP contribution is 2.46. The van der Waals surface area contributed by atoms with E-state index in [1.54, 1.807) is 24.3 Å². The number of carbonyl (C=O) groups is 1. The predicted molar refractivity (Wildman–Crippen MR) is 105 cm³/mol. The van der Waals surface area contributed by atoms with Crippen molar-refractivity contribution in [2.24, 2.45) is 5.73 Å². The van der Waals surface area contributed by atoms with Crippen molar-refractivity contribution in [2.75, 3.05) is 7.11 Å². The van der Waals surface area contributed by atoms with E-state index in [2.05, 4.69) is 0 Å². The first kappa shape index (κ1) is 17.6. The molecule has 2 N–H and O–H groups in total. The monoisotopic (exact) mass is 399 g/mol. The van der Waals surface area contributed by atoms with E-state index in [0.29, 0.717) is 21.9 Å². The molecule has 4 rings (SSSR count). The molecule has 0 bridgehead atoms. The number of benzene rings is 2. The Hall–Kier alpha value is -2.83. The molecule has 1 aliphatic heterocycles. The summed E-state index contributed by atoms with van der Waals surface area (Å²) >= 11 is 7.49. The van der Waals surface area contributed by atoms with Crippen molar-refractivity contribution in [3.8, 4) is 5.75 Å². The first-order valence-corrected chi connectivity index (χ1v) is 9.28. The second-order valence-electron chi connectivity index (χ2n) is 5.95. The maximum absolute atomic E-state index is 13.0. The molecule has 7 heteroatoms. The lowest BCUT2D eigenvalue weighted by molar-refractivity contribution is -0.136. The van der Waals surface area contributed by atoms with Gasteiger partial charge >= 0.3 is 5.97 Å². The molecule has 1 aromatic heterocycles. The molecule has 0 saturated heterocycles. The smallest absolute Gasteiger partial charge is 0.340 e. The molecule has 5 nitrogen and oxygen atoms in total. The number of halogens is 1. The van der Waals surface area contributed by atoms with E-state index in [4.69, 9.17) is 26.8 Å². The standard InChI is InChI=1S/C20H14ClNO4S/c1-25-19(23)16-14(10-6-2-4-8-12(10)21)15-17(26-18(16)22)11-7-3-5-9-13(11)27-20(15)24/h2-9,14H,22H2,1H3. The molecule has 1 unspecified atom stereocenters. The fraction of sp³-hybridized carbons (Fsp3) is 0.100. The molecule has 0 fully saturated rings. The molecule has 27 heavy (non-hydrogen) atoms. The number of nitrogens with two attached hydrogens (primary N) is 1. The van der Waals surface area contributed by atoms with E-state index in [0.717, 1.165) is 21.4 Å². The number of hydrogen-bond acceptors (Lipinski definition) is 6. The van der Waals surface area contributed by atoms with Crippen LogP contribution in [0.25, 0.3) is 10.1 Å². The van der Waals surface area contributed by atoms with Gasteiger partial charge in [0.1, 0.15) is 11.3 Å². The summed E-state index contributed by atoms with van der Waals surface area (Å²) in [6.45, 7) is 0. The van der Waals surface area contributed by atoms with E-state index in [-0.39, 0.29) is 16.2 Å². The Morgan fingerprint density at radius 3 is 2.63 bits per heavy atom. The van der Waals surface area contributed by atoms with Gasteiger partial charge in [0.15, 0.2) is 0 Å². The van der Waals surface area contributed by atoms with Gasteiger partial charge in [-0.25, -0.2) is 4.79 Å². The van der Waals surface area contributed by atoms with Crippen molar-refractivity contribution in [3.63, 3.8) is 0 Å². The Kier molecular flexibility index (Phi) is 4.37. The third-order valence-electron chi connectivity index (χ3n) is 4.48. The normalized spacial score (nSPS) is 16.0. The lowest BCUT2D eigenvalue weighted by atomic mass is 9.83. The van der Waals surface area contributed by atoms with Gasteiger partial charge in [0, 0.05) is 15.1 Å². The Morgan fingerprint density at radius 2 is 1.89 bits per heavy atom. The maximum Gasteiger partial charge on any atom is 0.340 e. The average Bonchev–Trinajstić information content (AvgIpc) is 2.67. The number of ether oxygens (including phenoxy) is 2. The van der Waals surface area contributed by atoms with Crippen LogP contribution in [0, 0.1) is 0 Å². The number of carbonyl (C=O) groups excluding carboxylic acids is 1. The van der Waals surface area contributed by atoms with E-state index >= 15 is 0 Å². The van der Waals surface area contributed by atoms with Crippen molar-refractivity contribution >= 4 is 39.0 Å². The molecule has 3 aromatic rings. The zero-order chi connectivity index (χ0) is 19.1. The summed E-state index contributed by atoms with van der Waals surface area (Å²) in [6.07, 6.45) is 0. The molecule has 0 saturated carbocycles. The fourth-order valence-corrected chi connectivity index (χ4v) is 4.48. The van der Waals surface area contributed by atoms with Gasteiger partial charge in [-0.2, -0.15) is 0 Å². The quantitative estimate of drug-likeness (QED) is 0.663. The minimum absolute atomic E-state index is 0.0673. The van der Waals surface area contributed by atoms with Crippen LogP contribution in [0.15, 0.2) is 64.8 Å². The molecular formula is C20H14ClNO4S. The second kappa shape index (κ2) is 6.72. The molecule has 1 atom stereocenters. The molecule has 0 amide bonds. The van der Waals surface area contributed by atoms with Crippen LogP contribution in [0.2, 0.25) is 5.02 Å². The molecule has 0 aliphatic carbocycles. The summed E-state index contributed by atoms with van der Waals surface area (Å²) in [4.78, 5) is 25.5. The van der Waals surface area contributed by atoms with Gasteiger partial charge in [-0.3, -0.25) is 4.79 Å². The van der Waals surface area contributed by atoms with Crippen LogP contribution >= 0.6 is 22.9 Å². The van der Waals surface area contributed by atoms with Gasteiger partial charge < -0.3 is 15.2 Å². The zero-order valence-corrected chi connectivity index (χ0v) is 15.8. The molecular weight excluding hydrogens is 386 g/mol. The van der Waals surface area contributed by atoms with Gasteiger partial charge in [-0.15, -0.1) is 0 Å². The lowest BCUT2D eigenvalue weighted by Crippen LogP contribution is -2.30. The maximum atomic E-state index is 13.0. The molecule has 0 radical (unpaired) electrons. The van der Waals surface area contributed by atoms with Crippen molar-refractivity contribution in [2.45, 2.75) is 5.92 Å². The van der Waals surface area contributed by atoms with Crippen LogP contribution in [0.5, 0.6) is 5.75 Å². The molecule has 2 heterocycles. The first-order valence-electron chi connectivity index (χ1n) is 8.09. The zero-order valence-electron chi connectivity index (χ0n) is 14.2. The lowest BCUT2D eigenvalue weighted by Gasteiger charge is -2.28. The van der Waals surface area contributed by atoms with Crippen LogP contribution in [-0.4, -0.2) is 13.1 Å². The number of esters is 1. The van der Waals surface area contributed by atoms with Crippen molar-refractivity contribution in [3.05, 3.63) is 85.7 Å². The average molecular weight is 400 g/mol. The largest absolute Gasteiger partial charge is 0.465 e. The summed E-state index contributed by atoms with van der Waals surface area (Å²) in [5, 5.41) is 1.17. The van der Waals surface area contributed by atoms with E-state index in [1.165, 1.54) is 7.11 Å². The van der Waals surface area contributed by atoms with Crippen LogP contribution in [0.3, 0.4) is 0 Å². The van der Waals surface area contributed by atoms with Gasteiger partial charge in [0.2, 0.25) is 10.6 Å². The third-order valence-corrected chi connectivity index (χ3v) is 5.80. The van der Waals surface area contributed by atoms with E-state index < -0.39 is 11.9 Å². The third kappa shape index (κ3) is 2.78. The molecule has 136 valence electrons. The fourth-order valence-electron chi connectivity index (χ4n) is 3.29. The van der Waals surface area contributed by atoms with Crippen LogP contribution in [0.1, 0.15) is 17.0 Å². The summed E-state index contributed by atoms with van der Waals surface area (Å²) in [5.74, 6) is -1.19. The van der Waals surface area contributed by atoms with Gasteiger partial charge in [0.05, 0.1) is 18.6 Å². The minimum atomic E-state index is -0.775. The highest BCUT2D eigenvalue weighted by molar-refractivity contribution is 7.16. The second-order valence-corrected chi connectivity index (χ2v) is 7.38. The Labute approximate surface area is 163 Å². The Balaban J connectivity index is 2.11. The van der Waals surface area contributed by atoms with E-state index in [9.17, 15) is 9.59 Å². The Morgan fingerprint density at radius 1 is 1.19 bits per heavy atom. The van der Waals surface area contributed by atoms with Crippen LogP contribution in [-0.2, 0) is 9.53 Å². The molecule has 2 aromatic carbocycles. The topological polar surface area (TPSA) is 78.6 Å². The number of fused-ring (bicyclic) bond motifs is 3. The summed E-state index contributed by atoms with van der Waals surface area (Å²) in [7, 11) is 1.25. The van der Waals surface area contributed by atoms with Crippen LogP contribution < -0.4 is 15.2 Å². The predicted octanol–water partition coefficient (Wildman–Crippen LogP) is 3.78. The van der Waals surface area contributed by atoms with Crippen LogP contribution in [0.4, 0.5) is 0 Å². The number of hydrogen-bond donors (Lipinski definition) is 1. The number of rotatable bonds is 2. The summed E-state index contributed by atoms with van der Waals surface area (Å²) in [5.41, 5.74) is 7.10. The number of methoxy groups -OCH3 is 1. The SMILES string of the molecule is COC(=O)C1=C(N)Oc2c(c(=O)sc3ccccc23)C1c1ccccc1Cl. The summed E-state index contributed by atoms with van der Waals surface area (Å²) < 4.78 is 11.2. The highest BCUT2D eigenvalue weighted by Gasteiger charge is 2.39. The highest BCUT2D eigenvalue weighted by atomic mass is 35.5. The van der Waals surface area contributed by atoms with E-state index in [1.807, 2.05) is 24.3 Å². The minimum Gasteiger partial charge on any atom is -0.465 e.